The molecule has 0 fully saturated rings. The van der Waals surface area contributed by atoms with E-state index in [0.29, 0.717) is 5.56 Å². The molecule has 2 N–H and O–H groups in total. The standard InChI is InChI=1S/C20H13F2N3O3S/c21-14-7-6-12(9-15(14)22)17-13(8-11-4-2-1-3-5-11)18(26)25(24-17)20-23-16(10-29-20)19(27)28/h1-7,9-10,26H,8H2,(H,27,28). The second kappa shape index (κ2) is 7.44. The van der Waals surface area contributed by atoms with Gasteiger partial charge in [-0.25, -0.2) is 18.6 Å². The third-order valence-corrected chi connectivity index (χ3v) is 5.08. The van der Waals surface area contributed by atoms with E-state index in [2.05, 4.69) is 10.1 Å². The fourth-order valence-electron chi connectivity index (χ4n) is 2.87. The van der Waals surface area contributed by atoms with E-state index >= 15 is 0 Å². The Morgan fingerprint density at radius 1 is 1.10 bits per heavy atom. The third-order valence-electron chi connectivity index (χ3n) is 4.27. The van der Waals surface area contributed by atoms with E-state index in [9.17, 15) is 18.7 Å². The highest BCUT2D eigenvalue weighted by molar-refractivity contribution is 7.12. The van der Waals surface area contributed by atoms with Gasteiger partial charge in [0.2, 0.25) is 11.0 Å². The van der Waals surface area contributed by atoms with Gasteiger partial charge in [-0.2, -0.15) is 9.78 Å². The summed E-state index contributed by atoms with van der Waals surface area (Å²) in [4.78, 5) is 15.1. The first-order valence-electron chi connectivity index (χ1n) is 8.43. The summed E-state index contributed by atoms with van der Waals surface area (Å²) in [6, 6.07) is 12.6. The van der Waals surface area contributed by atoms with Crippen LogP contribution in [0.2, 0.25) is 0 Å². The van der Waals surface area contributed by atoms with Crippen LogP contribution in [-0.4, -0.2) is 30.9 Å². The Labute approximate surface area is 167 Å². The SMILES string of the molecule is O=C(O)c1csc(-n2nc(-c3ccc(F)c(F)c3)c(Cc3ccccc3)c2O)n1. The first kappa shape index (κ1) is 18.8. The fourth-order valence-corrected chi connectivity index (χ4v) is 3.62. The lowest BCUT2D eigenvalue weighted by Gasteiger charge is -2.04. The molecule has 0 saturated heterocycles. The van der Waals surface area contributed by atoms with E-state index < -0.39 is 17.6 Å². The van der Waals surface area contributed by atoms with Crippen LogP contribution in [0.4, 0.5) is 8.78 Å². The predicted molar refractivity (Wildman–Crippen MR) is 102 cm³/mol. The summed E-state index contributed by atoms with van der Waals surface area (Å²) in [7, 11) is 0. The molecule has 0 aliphatic carbocycles. The quantitative estimate of drug-likeness (QED) is 0.510. The van der Waals surface area contributed by atoms with Crippen molar-refractivity contribution in [2.75, 3.05) is 0 Å². The minimum Gasteiger partial charge on any atom is -0.493 e. The molecule has 0 saturated carbocycles. The molecule has 4 aromatic rings. The highest BCUT2D eigenvalue weighted by Gasteiger charge is 2.23. The number of aromatic nitrogens is 3. The van der Waals surface area contributed by atoms with Crippen molar-refractivity contribution < 1.29 is 23.8 Å². The molecule has 0 bridgehead atoms. The summed E-state index contributed by atoms with van der Waals surface area (Å²) in [6.45, 7) is 0. The number of thiazole rings is 1. The van der Waals surface area contributed by atoms with Crippen LogP contribution in [0, 0.1) is 11.6 Å². The molecule has 4 rings (SSSR count). The Morgan fingerprint density at radius 3 is 2.52 bits per heavy atom. The van der Waals surface area contributed by atoms with Gasteiger partial charge in [0.1, 0.15) is 5.69 Å². The van der Waals surface area contributed by atoms with Crippen LogP contribution in [0.1, 0.15) is 21.6 Å². The molecule has 9 heteroatoms. The van der Waals surface area contributed by atoms with Crippen LogP contribution < -0.4 is 0 Å². The van der Waals surface area contributed by atoms with Crippen LogP contribution in [0.5, 0.6) is 5.88 Å². The van der Waals surface area contributed by atoms with Crippen molar-refractivity contribution in [3.63, 3.8) is 0 Å². The summed E-state index contributed by atoms with van der Waals surface area (Å²) < 4.78 is 28.3. The summed E-state index contributed by atoms with van der Waals surface area (Å²) in [5.41, 5.74) is 1.60. The number of aromatic hydroxyl groups is 1. The molecule has 0 radical (unpaired) electrons. The number of aromatic carboxylic acids is 1. The number of hydrogen-bond acceptors (Lipinski definition) is 5. The Morgan fingerprint density at radius 2 is 1.86 bits per heavy atom. The minimum atomic E-state index is -1.20. The molecule has 0 unspecified atom stereocenters. The molecule has 0 aliphatic rings. The lowest BCUT2D eigenvalue weighted by Crippen LogP contribution is -2.00. The summed E-state index contributed by atoms with van der Waals surface area (Å²) in [6.07, 6.45) is 0.276. The van der Waals surface area contributed by atoms with Gasteiger partial charge in [-0.15, -0.1) is 11.3 Å². The number of benzene rings is 2. The van der Waals surface area contributed by atoms with Crippen molar-refractivity contribution >= 4 is 17.3 Å². The summed E-state index contributed by atoms with van der Waals surface area (Å²) in [5.74, 6) is -3.48. The Balaban J connectivity index is 1.87. The molecule has 2 aromatic heterocycles. The Bertz CT molecular complexity index is 1210. The minimum absolute atomic E-state index is 0.142. The molecule has 146 valence electrons. The van der Waals surface area contributed by atoms with Gasteiger partial charge in [-0.05, 0) is 23.8 Å². The van der Waals surface area contributed by atoms with Crippen molar-refractivity contribution in [3.05, 3.63) is 82.4 Å². The summed E-state index contributed by atoms with van der Waals surface area (Å²) in [5, 5.41) is 25.7. The van der Waals surface area contributed by atoms with Crippen molar-refractivity contribution in [3.8, 4) is 22.3 Å². The van der Waals surface area contributed by atoms with Gasteiger partial charge in [0.25, 0.3) is 0 Å². The van der Waals surface area contributed by atoms with E-state index in [1.807, 2.05) is 30.3 Å². The van der Waals surface area contributed by atoms with Gasteiger partial charge in [0.15, 0.2) is 17.3 Å². The lowest BCUT2D eigenvalue weighted by atomic mass is 10.0. The Hall–Kier alpha value is -3.59. The second-order valence-corrected chi connectivity index (χ2v) is 7.01. The van der Waals surface area contributed by atoms with Gasteiger partial charge in [-0.3, -0.25) is 0 Å². The first-order chi connectivity index (χ1) is 13.9. The monoisotopic (exact) mass is 413 g/mol. The number of carbonyl (C=O) groups is 1. The lowest BCUT2D eigenvalue weighted by molar-refractivity contribution is 0.0691. The highest BCUT2D eigenvalue weighted by Crippen LogP contribution is 2.35. The van der Waals surface area contributed by atoms with E-state index in [4.69, 9.17) is 5.11 Å². The number of rotatable bonds is 5. The zero-order chi connectivity index (χ0) is 20.5. The van der Waals surface area contributed by atoms with Gasteiger partial charge in [0, 0.05) is 22.9 Å². The van der Waals surface area contributed by atoms with Crippen LogP contribution in [-0.2, 0) is 6.42 Å². The molecule has 6 nitrogen and oxygen atoms in total. The zero-order valence-electron chi connectivity index (χ0n) is 14.7. The van der Waals surface area contributed by atoms with E-state index in [-0.39, 0.29) is 34.4 Å². The van der Waals surface area contributed by atoms with Gasteiger partial charge in [0.05, 0.1) is 0 Å². The summed E-state index contributed by atoms with van der Waals surface area (Å²) >= 11 is 0.989. The van der Waals surface area contributed by atoms with Crippen LogP contribution in [0.15, 0.2) is 53.9 Å². The number of carboxylic acids is 1. The van der Waals surface area contributed by atoms with Crippen LogP contribution in [0.3, 0.4) is 0 Å². The normalized spacial score (nSPS) is 11.0. The molecular formula is C20H13F2N3O3S. The number of hydrogen-bond donors (Lipinski definition) is 2. The van der Waals surface area contributed by atoms with Crippen molar-refractivity contribution in [2.24, 2.45) is 0 Å². The second-order valence-electron chi connectivity index (χ2n) is 6.17. The highest BCUT2D eigenvalue weighted by atomic mass is 32.1. The molecule has 0 amide bonds. The van der Waals surface area contributed by atoms with Crippen molar-refractivity contribution in [1.29, 1.82) is 0 Å². The van der Waals surface area contributed by atoms with E-state index in [1.54, 1.807) is 0 Å². The maximum absolute atomic E-state index is 13.8. The average Bonchev–Trinajstić information content (AvgIpc) is 3.31. The predicted octanol–water partition coefficient (Wildman–Crippen LogP) is 4.27. The van der Waals surface area contributed by atoms with Crippen LogP contribution >= 0.6 is 11.3 Å². The number of nitrogens with zero attached hydrogens (tertiary/aromatic N) is 3. The maximum atomic E-state index is 13.8. The number of halogens is 2. The maximum Gasteiger partial charge on any atom is 0.355 e. The zero-order valence-corrected chi connectivity index (χ0v) is 15.5. The first-order valence-corrected chi connectivity index (χ1v) is 9.31. The molecule has 0 atom stereocenters. The molecule has 29 heavy (non-hydrogen) atoms. The largest absolute Gasteiger partial charge is 0.493 e. The van der Waals surface area contributed by atoms with Crippen molar-refractivity contribution in [1.82, 2.24) is 14.8 Å². The van der Waals surface area contributed by atoms with E-state index in [1.165, 1.54) is 11.4 Å². The van der Waals surface area contributed by atoms with Crippen molar-refractivity contribution in [2.45, 2.75) is 6.42 Å². The van der Waals surface area contributed by atoms with Crippen LogP contribution in [0.25, 0.3) is 16.4 Å². The molecular weight excluding hydrogens is 400 g/mol. The van der Waals surface area contributed by atoms with Gasteiger partial charge < -0.3 is 10.2 Å². The third kappa shape index (κ3) is 3.59. The van der Waals surface area contributed by atoms with Gasteiger partial charge >= 0.3 is 5.97 Å². The topological polar surface area (TPSA) is 88.2 Å². The van der Waals surface area contributed by atoms with Gasteiger partial charge in [-0.1, -0.05) is 30.3 Å². The van der Waals surface area contributed by atoms with E-state index in [0.717, 1.165) is 33.7 Å². The Kier molecular flexibility index (Phi) is 4.81. The molecule has 2 aromatic carbocycles. The molecule has 0 spiro atoms. The fraction of sp³-hybridized carbons (Fsp3) is 0.0500. The number of carboxylic acid groups (broad SMARTS) is 1. The molecule has 0 aliphatic heterocycles. The average molecular weight is 413 g/mol. The molecule has 2 heterocycles. The smallest absolute Gasteiger partial charge is 0.355 e.